The summed E-state index contributed by atoms with van der Waals surface area (Å²) in [5, 5.41) is 5.37. The van der Waals surface area contributed by atoms with Gasteiger partial charge in [0.1, 0.15) is 12.4 Å². The average Bonchev–Trinajstić information content (AvgIpc) is 2.79. The SMILES string of the molecule is CCOc1cc(/C=N\NC(=O)c2cc(Br)ccc2OC)cc(Cl)c1OCc1ccc(Cl)cc1Cl. The number of nitrogens with one attached hydrogen (secondary N) is 1. The highest BCUT2D eigenvalue weighted by atomic mass is 79.9. The van der Waals surface area contributed by atoms with Gasteiger partial charge in [0.2, 0.25) is 0 Å². The lowest BCUT2D eigenvalue weighted by atomic mass is 10.2. The van der Waals surface area contributed by atoms with Crippen LogP contribution in [0.2, 0.25) is 15.1 Å². The lowest BCUT2D eigenvalue weighted by molar-refractivity contribution is 0.0952. The molecule has 3 aromatic rings. The van der Waals surface area contributed by atoms with Crippen LogP contribution in [0.5, 0.6) is 17.2 Å². The highest BCUT2D eigenvalue weighted by molar-refractivity contribution is 9.10. The van der Waals surface area contributed by atoms with Gasteiger partial charge >= 0.3 is 0 Å². The molecule has 1 amide bonds. The molecule has 0 heterocycles. The molecule has 34 heavy (non-hydrogen) atoms. The van der Waals surface area contributed by atoms with Crippen LogP contribution in [0.3, 0.4) is 0 Å². The van der Waals surface area contributed by atoms with Gasteiger partial charge in [-0.15, -0.1) is 0 Å². The predicted molar refractivity (Wildman–Crippen MR) is 139 cm³/mol. The molecule has 3 rings (SSSR count). The number of methoxy groups -OCH3 is 1. The molecule has 0 aliphatic rings. The van der Waals surface area contributed by atoms with Crippen molar-refractivity contribution in [1.29, 1.82) is 0 Å². The molecule has 0 aromatic heterocycles. The maximum atomic E-state index is 12.5. The first-order valence-corrected chi connectivity index (χ1v) is 11.9. The Labute approximate surface area is 220 Å². The summed E-state index contributed by atoms with van der Waals surface area (Å²) in [6.45, 7) is 2.42. The lowest BCUT2D eigenvalue weighted by Gasteiger charge is -2.15. The van der Waals surface area contributed by atoms with Crippen LogP contribution in [0.15, 0.2) is 58.1 Å². The van der Waals surface area contributed by atoms with E-state index < -0.39 is 5.91 Å². The van der Waals surface area contributed by atoms with Crippen molar-refractivity contribution in [3.05, 3.63) is 84.8 Å². The third-order valence-electron chi connectivity index (χ3n) is 4.50. The van der Waals surface area contributed by atoms with Crippen molar-refractivity contribution < 1.29 is 19.0 Å². The van der Waals surface area contributed by atoms with Gasteiger partial charge in [-0.2, -0.15) is 5.10 Å². The molecule has 0 saturated carbocycles. The van der Waals surface area contributed by atoms with Crippen molar-refractivity contribution >= 4 is 62.9 Å². The van der Waals surface area contributed by atoms with Gasteiger partial charge in [0.15, 0.2) is 11.5 Å². The van der Waals surface area contributed by atoms with Crippen LogP contribution < -0.4 is 19.6 Å². The first-order valence-electron chi connectivity index (χ1n) is 10.0. The summed E-state index contributed by atoms with van der Waals surface area (Å²) in [6, 6.07) is 13.6. The second-order valence-electron chi connectivity index (χ2n) is 6.83. The van der Waals surface area contributed by atoms with E-state index in [-0.39, 0.29) is 6.61 Å². The third kappa shape index (κ3) is 6.79. The van der Waals surface area contributed by atoms with Gasteiger partial charge < -0.3 is 14.2 Å². The van der Waals surface area contributed by atoms with E-state index in [1.54, 1.807) is 48.5 Å². The number of nitrogens with zero attached hydrogens (tertiary/aromatic N) is 1. The summed E-state index contributed by atoms with van der Waals surface area (Å²) < 4.78 is 17.6. The van der Waals surface area contributed by atoms with Crippen LogP contribution in [0.1, 0.15) is 28.4 Å². The Bertz CT molecular complexity index is 1220. The maximum Gasteiger partial charge on any atom is 0.275 e. The molecular formula is C24H20BrCl3N2O4. The van der Waals surface area contributed by atoms with Gasteiger partial charge in [-0.25, -0.2) is 5.43 Å². The van der Waals surface area contributed by atoms with E-state index in [2.05, 4.69) is 26.5 Å². The summed E-state index contributed by atoms with van der Waals surface area (Å²) in [5.74, 6) is 0.807. The predicted octanol–water partition coefficient (Wildman–Crippen LogP) is 7.16. The van der Waals surface area contributed by atoms with Crippen LogP contribution in [0.25, 0.3) is 0 Å². The first kappa shape index (κ1) is 26.2. The van der Waals surface area contributed by atoms with E-state index in [4.69, 9.17) is 49.0 Å². The monoisotopic (exact) mass is 584 g/mol. The van der Waals surface area contributed by atoms with Crippen LogP contribution in [0, 0.1) is 0 Å². The number of hydrazone groups is 1. The average molecular weight is 587 g/mol. The Hall–Kier alpha value is -2.45. The van der Waals surface area contributed by atoms with Gasteiger partial charge in [-0.05, 0) is 55.0 Å². The first-order chi connectivity index (χ1) is 16.3. The van der Waals surface area contributed by atoms with E-state index in [1.165, 1.54) is 13.3 Å². The van der Waals surface area contributed by atoms with Crippen molar-refractivity contribution in [2.75, 3.05) is 13.7 Å². The van der Waals surface area contributed by atoms with Crippen molar-refractivity contribution in [3.63, 3.8) is 0 Å². The molecule has 3 aromatic carbocycles. The van der Waals surface area contributed by atoms with Gasteiger partial charge in [0.25, 0.3) is 5.91 Å². The van der Waals surface area contributed by atoms with Crippen molar-refractivity contribution in [3.8, 4) is 17.2 Å². The normalized spacial score (nSPS) is 10.9. The van der Waals surface area contributed by atoms with Crippen LogP contribution in [-0.4, -0.2) is 25.8 Å². The van der Waals surface area contributed by atoms with Crippen molar-refractivity contribution in [2.45, 2.75) is 13.5 Å². The molecule has 0 radical (unpaired) electrons. The van der Waals surface area contributed by atoms with Gasteiger partial charge in [0.05, 0.1) is 30.5 Å². The molecule has 178 valence electrons. The molecule has 0 atom stereocenters. The maximum absolute atomic E-state index is 12.5. The van der Waals surface area contributed by atoms with E-state index in [0.29, 0.717) is 50.1 Å². The lowest BCUT2D eigenvalue weighted by Crippen LogP contribution is -2.18. The summed E-state index contributed by atoms with van der Waals surface area (Å²) >= 11 is 22.0. The number of ether oxygens (including phenoxy) is 3. The minimum Gasteiger partial charge on any atom is -0.496 e. The fourth-order valence-corrected chi connectivity index (χ4v) is 4.04. The Kier molecular flexibility index (Phi) is 9.47. The summed E-state index contributed by atoms with van der Waals surface area (Å²) in [7, 11) is 1.49. The number of benzene rings is 3. The van der Waals surface area contributed by atoms with E-state index in [1.807, 2.05) is 6.92 Å². The number of amides is 1. The van der Waals surface area contributed by atoms with Crippen molar-refractivity contribution in [2.24, 2.45) is 5.10 Å². The van der Waals surface area contributed by atoms with Gasteiger partial charge in [-0.3, -0.25) is 4.79 Å². The molecule has 0 fully saturated rings. The molecular weight excluding hydrogens is 567 g/mol. The number of carbonyl (C=O) groups is 1. The highest BCUT2D eigenvalue weighted by Crippen LogP contribution is 2.37. The molecule has 1 N–H and O–H groups in total. The number of halogens is 4. The second-order valence-corrected chi connectivity index (χ2v) is 9.00. The standard InChI is InChI=1S/C24H20BrCl3N2O4/c1-3-33-22-9-14(12-29-30-24(31)18-10-16(25)5-7-21(18)32-2)8-20(28)23(22)34-13-15-4-6-17(26)11-19(15)27/h4-12H,3,13H2,1-2H3,(H,30,31)/b29-12-. The number of rotatable bonds is 9. The molecule has 0 saturated heterocycles. The molecule has 0 unspecified atom stereocenters. The molecule has 0 aliphatic heterocycles. The summed E-state index contributed by atoms with van der Waals surface area (Å²) in [5.41, 5.74) is 4.18. The summed E-state index contributed by atoms with van der Waals surface area (Å²) in [6.07, 6.45) is 1.45. The second kappa shape index (κ2) is 12.3. The number of hydrogen-bond acceptors (Lipinski definition) is 5. The Morgan fingerprint density at radius 2 is 1.82 bits per heavy atom. The minimum atomic E-state index is -0.426. The van der Waals surface area contributed by atoms with Crippen LogP contribution >= 0.6 is 50.7 Å². The number of carbonyl (C=O) groups excluding carboxylic acids is 1. The molecule has 0 aliphatic carbocycles. The quantitative estimate of drug-likeness (QED) is 0.213. The molecule has 0 spiro atoms. The van der Waals surface area contributed by atoms with Crippen molar-refractivity contribution in [1.82, 2.24) is 5.43 Å². The van der Waals surface area contributed by atoms with E-state index >= 15 is 0 Å². The zero-order chi connectivity index (χ0) is 24.7. The zero-order valence-electron chi connectivity index (χ0n) is 18.2. The topological polar surface area (TPSA) is 69.2 Å². The fourth-order valence-electron chi connectivity index (χ4n) is 2.94. The highest BCUT2D eigenvalue weighted by Gasteiger charge is 2.15. The molecule has 6 nitrogen and oxygen atoms in total. The third-order valence-corrected chi connectivity index (χ3v) is 5.87. The zero-order valence-corrected chi connectivity index (χ0v) is 22.1. The van der Waals surface area contributed by atoms with E-state index in [0.717, 1.165) is 10.0 Å². The van der Waals surface area contributed by atoms with E-state index in [9.17, 15) is 4.79 Å². The Morgan fingerprint density at radius 3 is 2.53 bits per heavy atom. The largest absolute Gasteiger partial charge is 0.496 e. The minimum absolute atomic E-state index is 0.174. The number of hydrogen-bond donors (Lipinski definition) is 1. The Balaban J connectivity index is 1.76. The van der Waals surface area contributed by atoms with Gasteiger partial charge in [-0.1, -0.05) is 56.8 Å². The Morgan fingerprint density at radius 1 is 1.03 bits per heavy atom. The van der Waals surface area contributed by atoms with Crippen LogP contribution in [-0.2, 0) is 6.61 Å². The van der Waals surface area contributed by atoms with Crippen LogP contribution in [0.4, 0.5) is 0 Å². The van der Waals surface area contributed by atoms with Gasteiger partial charge in [0, 0.05) is 20.1 Å². The smallest absolute Gasteiger partial charge is 0.275 e. The fraction of sp³-hybridized carbons (Fsp3) is 0.167. The molecule has 10 heteroatoms. The molecule has 0 bridgehead atoms. The summed E-state index contributed by atoms with van der Waals surface area (Å²) in [4.78, 5) is 12.5.